The number of methoxy groups -OCH3 is 2. The van der Waals surface area contributed by atoms with Crippen LogP contribution in [0.2, 0.25) is 5.02 Å². The molecule has 1 saturated heterocycles. The number of fused-ring (bicyclic) bond motifs is 1. The van der Waals surface area contributed by atoms with Crippen LogP contribution in [0.4, 0.5) is 5.69 Å². The Kier molecular flexibility index (Phi) is 5.06. The molecule has 6 nitrogen and oxygen atoms in total. The molecule has 2 unspecified atom stereocenters. The van der Waals surface area contributed by atoms with Crippen molar-refractivity contribution >= 4 is 23.3 Å². The van der Waals surface area contributed by atoms with Crippen LogP contribution in [-0.2, 0) is 20.1 Å². The molecule has 2 heterocycles. The van der Waals surface area contributed by atoms with Crippen molar-refractivity contribution in [1.82, 2.24) is 4.90 Å². The molecule has 7 heteroatoms. The molecule has 0 saturated carbocycles. The first-order valence-electron chi connectivity index (χ1n) is 8.84. The van der Waals surface area contributed by atoms with Gasteiger partial charge >= 0.3 is 0 Å². The number of aliphatic imine (C=N–C) groups is 1. The second-order valence-corrected chi connectivity index (χ2v) is 6.90. The molecule has 27 heavy (non-hydrogen) atoms. The molecule has 2 atom stereocenters. The fourth-order valence-corrected chi connectivity index (χ4v) is 3.77. The highest BCUT2D eigenvalue weighted by molar-refractivity contribution is 6.30. The molecule has 0 radical (unpaired) electrons. The molecule has 1 N–H and O–H groups in total. The Balaban J connectivity index is 1.71. The lowest BCUT2D eigenvalue weighted by atomic mass is 10.0. The first-order valence-corrected chi connectivity index (χ1v) is 9.21. The summed E-state index contributed by atoms with van der Waals surface area (Å²) in [5.41, 5.74) is 2.94. The van der Waals surface area contributed by atoms with Crippen LogP contribution in [0.5, 0.6) is 0 Å². The average Bonchev–Trinajstić information content (AvgIpc) is 2.73. The maximum absolute atomic E-state index is 6.02. The molecule has 142 valence electrons. The zero-order chi connectivity index (χ0) is 18.9. The van der Waals surface area contributed by atoms with Gasteiger partial charge in [-0.05, 0) is 23.8 Å². The van der Waals surface area contributed by atoms with Crippen LogP contribution < -0.4 is 5.32 Å². The number of hydrogen-bond donors (Lipinski definition) is 1. The minimum Gasteiger partial charge on any atom is -0.468 e. The number of nitrogens with zero attached hydrogens (tertiary/aromatic N) is 2. The number of rotatable bonds is 3. The number of hydrogen-bond acceptors (Lipinski definition) is 6. The van der Waals surface area contributed by atoms with E-state index in [0.29, 0.717) is 30.7 Å². The van der Waals surface area contributed by atoms with Crippen molar-refractivity contribution in [1.29, 1.82) is 0 Å². The van der Waals surface area contributed by atoms with Gasteiger partial charge in [0.15, 0.2) is 0 Å². The Labute approximate surface area is 163 Å². The van der Waals surface area contributed by atoms with Crippen LogP contribution in [0.3, 0.4) is 0 Å². The predicted molar refractivity (Wildman–Crippen MR) is 105 cm³/mol. The van der Waals surface area contributed by atoms with E-state index in [2.05, 4.69) is 10.2 Å². The number of nitrogens with one attached hydrogen (secondary N) is 1. The van der Waals surface area contributed by atoms with E-state index in [-0.39, 0.29) is 6.10 Å². The topological polar surface area (TPSA) is 55.3 Å². The maximum Gasteiger partial charge on any atom is 0.293 e. The third kappa shape index (κ3) is 3.30. The summed E-state index contributed by atoms with van der Waals surface area (Å²) < 4.78 is 17.4. The first kappa shape index (κ1) is 18.3. The molecule has 0 bridgehead atoms. The average molecular weight is 388 g/mol. The van der Waals surface area contributed by atoms with Gasteiger partial charge in [0.05, 0.1) is 25.5 Å². The second kappa shape index (κ2) is 7.48. The van der Waals surface area contributed by atoms with Gasteiger partial charge < -0.3 is 19.5 Å². The van der Waals surface area contributed by atoms with Crippen molar-refractivity contribution in [3.05, 3.63) is 64.7 Å². The fraction of sp³-hybridized carbons (Fsp3) is 0.350. The standard InChI is InChI=1S/C20H22ClN3O3/c1-25-19-22-17-6-4-3-5-16(17)20(23-19,26-2)24-11-12-27-18(13-24)14-7-9-15(21)10-8-14/h3-10,18H,11-13H2,1-2H3,(H,22,23). The maximum atomic E-state index is 6.02. The summed E-state index contributed by atoms with van der Waals surface area (Å²) in [4.78, 5) is 6.96. The van der Waals surface area contributed by atoms with Gasteiger partial charge in [0.1, 0.15) is 0 Å². The molecule has 2 aromatic rings. The number of halogens is 1. The zero-order valence-electron chi connectivity index (χ0n) is 15.3. The van der Waals surface area contributed by atoms with Crippen molar-refractivity contribution in [2.75, 3.05) is 39.2 Å². The zero-order valence-corrected chi connectivity index (χ0v) is 16.1. The largest absolute Gasteiger partial charge is 0.468 e. The molecule has 2 aliphatic rings. The van der Waals surface area contributed by atoms with E-state index in [9.17, 15) is 0 Å². The summed E-state index contributed by atoms with van der Waals surface area (Å²) in [6, 6.07) is 16.2. The van der Waals surface area contributed by atoms with E-state index in [1.165, 1.54) is 0 Å². The molecule has 1 fully saturated rings. The summed E-state index contributed by atoms with van der Waals surface area (Å²) in [6.45, 7) is 1.89. The number of benzene rings is 2. The number of ether oxygens (including phenoxy) is 3. The lowest BCUT2D eigenvalue weighted by molar-refractivity contribution is -0.181. The predicted octanol–water partition coefficient (Wildman–Crippen LogP) is 3.60. The van der Waals surface area contributed by atoms with Gasteiger partial charge in [-0.2, -0.15) is 4.99 Å². The monoisotopic (exact) mass is 387 g/mol. The molecule has 0 aliphatic carbocycles. The summed E-state index contributed by atoms with van der Waals surface area (Å²) in [5, 5.41) is 3.91. The number of morpholine rings is 1. The van der Waals surface area contributed by atoms with E-state index in [1.807, 2.05) is 48.5 Å². The Bertz CT molecular complexity index is 843. The minimum atomic E-state index is -0.971. The van der Waals surface area contributed by atoms with Crippen molar-refractivity contribution in [3.8, 4) is 0 Å². The highest BCUT2D eigenvalue weighted by atomic mass is 35.5. The van der Waals surface area contributed by atoms with Gasteiger partial charge in [-0.3, -0.25) is 0 Å². The lowest BCUT2D eigenvalue weighted by Gasteiger charge is -2.45. The molecule has 2 aliphatic heterocycles. The van der Waals surface area contributed by atoms with E-state index in [1.54, 1.807) is 14.2 Å². The van der Waals surface area contributed by atoms with Crippen LogP contribution >= 0.6 is 11.6 Å². The lowest BCUT2D eigenvalue weighted by Crippen LogP contribution is -2.54. The molecule has 2 aromatic carbocycles. The van der Waals surface area contributed by atoms with Gasteiger partial charge in [-0.15, -0.1) is 0 Å². The Hall–Kier alpha value is -2.12. The molecular weight excluding hydrogens is 366 g/mol. The molecular formula is C20H22ClN3O3. The minimum absolute atomic E-state index is 0.0914. The fourth-order valence-electron chi connectivity index (χ4n) is 3.64. The highest BCUT2D eigenvalue weighted by Crippen LogP contribution is 2.41. The van der Waals surface area contributed by atoms with Crippen LogP contribution in [0.15, 0.2) is 53.5 Å². The van der Waals surface area contributed by atoms with E-state index in [4.69, 9.17) is 30.8 Å². The summed E-state index contributed by atoms with van der Waals surface area (Å²) >= 11 is 6.02. The van der Waals surface area contributed by atoms with Crippen LogP contribution in [0.1, 0.15) is 17.2 Å². The quantitative estimate of drug-likeness (QED) is 0.872. The Morgan fingerprint density at radius 3 is 2.70 bits per heavy atom. The van der Waals surface area contributed by atoms with Crippen molar-refractivity contribution < 1.29 is 14.2 Å². The Morgan fingerprint density at radius 1 is 1.19 bits per heavy atom. The summed E-state index contributed by atoms with van der Waals surface area (Å²) in [5.74, 6) is -0.971. The Morgan fingerprint density at radius 2 is 1.96 bits per heavy atom. The number of para-hydroxylation sites is 1. The van der Waals surface area contributed by atoms with E-state index in [0.717, 1.165) is 16.8 Å². The highest BCUT2D eigenvalue weighted by Gasteiger charge is 2.46. The number of anilines is 1. The van der Waals surface area contributed by atoms with E-state index < -0.39 is 5.85 Å². The number of amidine groups is 1. The van der Waals surface area contributed by atoms with Crippen molar-refractivity contribution in [2.45, 2.75) is 12.0 Å². The normalized spacial score (nSPS) is 25.3. The van der Waals surface area contributed by atoms with Gasteiger partial charge in [-0.25, -0.2) is 4.90 Å². The van der Waals surface area contributed by atoms with Crippen LogP contribution in [0.25, 0.3) is 0 Å². The van der Waals surface area contributed by atoms with Gasteiger partial charge in [0.25, 0.3) is 11.9 Å². The molecule has 0 spiro atoms. The van der Waals surface area contributed by atoms with Gasteiger partial charge in [0.2, 0.25) is 0 Å². The molecule has 4 rings (SSSR count). The van der Waals surface area contributed by atoms with Crippen LogP contribution in [0, 0.1) is 0 Å². The molecule has 0 aromatic heterocycles. The van der Waals surface area contributed by atoms with E-state index >= 15 is 0 Å². The second-order valence-electron chi connectivity index (χ2n) is 6.46. The van der Waals surface area contributed by atoms with Crippen molar-refractivity contribution in [3.63, 3.8) is 0 Å². The molecule has 0 amide bonds. The third-order valence-corrected chi connectivity index (χ3v) is 5.24. The smallest absolute Gasteiger partial charge is 0.293 e. The summed E-state index contributed by atoms with van der Waals surface area (Å²) in [6.07, 6.45) is -0.0914. The summed E-state index contributed by atoms with van der Waals surface area (Å²) in [7, 11) is 3.27. The SMILES string of the molecule is COC1=NC(OC)(N2CCOC(c3ccc(Cl)cc3)C2)c2ccccc2N1. The first-order chi connectivity index (χ1) is 13.2. The van der Waals surface area contributed by atoms with Crippen molar-refractivity contribution in [2.24, 2.45) is 4.99 Å². The third-order valence-electron chi connectivity index (χ3n) is 4.99. The van der Waals surface area contributed by atoms with Gasteiger partial charge in [0, 0.05) is 30.8 Å². The van der Waals surface area contributed by atoms with Gasteiger partial charge in [-0.1, -0.05) is 41.9 Å². The van der Waals surface area contributed by atoms with Crippen LogP contribution in [-0.4, -0.2) is 44.8 Å².